The molecule has 6 heteroatoms. The van der Waals surface area contributed by atoms with Crippen molar-refractivity contribution in [3.05, 3.63) is 23.8 Å². The van der Waals surface area contributed by atoms with Crippen LogP contribution in [0.4, 0.5) is 19.1 Å². The Bertz CT molecular complexity index is 601. The number of benzene rings is 1. The van der Waals surface area contributed by atoms with Gasteiger partial charge in [0.1, 0.15) is 0 Å². The summed E-state index contributed by atoms with van der Waals surface area (Å²) in [5, 5.41) is 0. The number of aromatic nitrogens is 2. The fourth-order valence-electron chi connectivity index (χ4n) is 2.53. The molecule has 1 aromatic carbocycles. The van der Waals surface area contributed by atoms with Crippen molar-refractivity contribution >= 4 is 17.0 Å². The van der Waals surface area contributed by atoms with Gasteiger partial charge < -0.3 is 10.3 Å². The van der Waals surface area contributed by atoms with Crippen molar-refractivity contribution in [2.45, 2.75) is 45.3 Å². The molecule has 1 aromatic heterocycles. The van der Waals surface area contributed by atoms with Crippen LogP contribution in [0.1, 0.15) is 44.7 Å². The normalized spacial score (nSPS) is 13.8. The van der Waals surface area contributed by atoms with Crippen LogP contribution in [0.2, 0.25) is 0 Å². The number of rotatable bonds is 4. The standard InChI is InChI=1S/C14H18F3N3/c1-3-5-10(4-2)20-12-7-6-9(14(15,16)17)8-11(12)19-13(20)18/h6-8,10H,3-5H2,1-2H3,(H2,18,19). The van der Waals surface area contributed by atoms with Crippen LogP contribution in [0.5, 0.6) is 0 Å². The Morgan fingerprint density at radius 2 is 2.00 bits per heavy atom. The van der Waals surface area contributed by atoms with Crippen molar-refractivity contribution in [2.75, 3.05) is 5.73 Å². The van der Waals surface area contributed by atoms with E-state index in [-0.39, 0.29) is 12.0 Å². The largest absolute Gasteiger partial charge is 0.416 e. The summed E-state index contributed by atoms with van der Waals surface area (Å²) in [5.41, 5.74) is 6.15. The highest BCUT2D eigenvalue weighted by Gasteiger charge is 2.31. The number of imidazole rings is 1. The first-order valence-corrected chi connectivity index (χ1v) is 6.73. The summed E-state index contributed by atoms with van der Waals surface area (Å²) in [4.78, 5) is 4.08. The topological polar surface area (TPSA) is 43.8 Å². The predicted molar refractivity (Wildman–Crippen MR) is 73.4 cm³/mol. The first-order valence-electron chi connectivity index (χ1n) is 6.73. The van der Waals surface area contributed by atoms with Crippen LogP contribution in [0.3, 0.4) is 0 Å². The molecule has 0 aliphatic heterocycles. The zero-order chi connectivity index (χ0) is 14.9. The molecule has 3 nitrogen and oxygen atoms in total. The SMILES string of the molecule is CCCC(CC)n1c(N)nc2cc(C(F)(F)F)ccc21. The summed E-state index contributed by atoms with van der Waals surface area (Å²) in [6.45, 7) is 4.11. The molecule has 0 saturated heterocycles. The molecule has 0 spiro atoms. The van der Waals surface area contributed by atoms with E-state index < -0.39 is 11.7 Å². The number of nitrogens with zero attached hydrogens (tertiary/aromatic N) is 2. The minimum atomic E-state index is -4.36. The monoisotopic (exact) mass is 285 g/mol. The molecular weight excluding hydrogens is 267 g/mol. The molecule has 0 amide bonds. The smallest absolute Gasteiger partial charge is 0.369 e. The molecule has 2 aromatic rings. The number of hydrogen-bond acceptors (Lipinski definition) is 2. The van der Waals surface area contributed by atoms with E-state index in [1.54, 1.807) is 0 Å². The third kappa shape index (κ3) is 2.59. The van der Waals surface area contributed by atoms with E-state index in [0.717, 1.165) is 31.4 Å². The van der Waals surface area contributed by atoms with Crippen molar-refractivity contribution in [3.63, 3.8) is 0 Å². The summed E-state index contributed by atoms with van der Waals surface area (Å²) < 4.78 is 40.0. The second-order valence-corrected chi connectivity index (χ2v) is 4.89. The quantitative estimate of drug-likeness (QED) is 0.905. The van der Waals surface area contributed by atoms with Crippen LogP contribution in [-0.4, -0.2) is 9.55 Å². The summed E-state index contributed by atoms with van der Waals surface area (Å²) in [5.74, 6) is 0.277. The molecule has 20 heavy (non-hydrogen) atoms. The van der Waals surface area contributed by atoms with Gasteiger partial charge in [-0.1, -0.05) is 20.3 Å². The van der Waals surface area contributed by atoms with Gasteiger partial charge in [0, 0.05) is 6.04 Å². The third-order valence-corrected chi connectivity index (χ3v) is 3.50. The number of alkyl halides is 3. The van der Waals surface area contributed by atoms with Gasteiger partial charge in [-0.05, 0) is 31.0 Å². The number of nitrogen functional groups attached to an aromatic ring is 1. The Morgan fingerprint density at radius 1 is 1.30 bits per heavy atom. The van der Waals surface area contributed by atoms with Gasteiger partial charge in [-0.3, -0.25) is 0 Å². The van der Waals surface area contributed by atoms with Crippen molar-refractivity contribution in [1.29, 1.82) is 0 Å². The van der Waals surface area contributed by atoms with E-state index in [1.807, 2.05) is 11.5 Å². The molecule has 1 unspecified atom stereocenters. The minimum absolute atomic E-state index is 0.168. The summed E-state index contributed by atoms with van der Waals surface area (Å²) in [6.07, 6.45) is -1.59. The number of fused-ring (bicyclic) bond motifs is 1. The van der Waals surface area contributed by atoms with Gasteiger partial charge in [0.15, 0.2) is 0 Å². The Hall–Kier alpha value is -1.72. The Morgan fingerprint density at radius 3 is 2.55 bits per heavy atom. The maximum Gasteiger partial charge on any atom is 0.416 e. The van der Waals surface area contributed by atoms with Crippen LogP contribution < -0.4 is 5.73 Å². The van der Waals surface area contributed by atoms with E-state index in [0.29, 0.717) is 11.0 Å². The molecule has 0 radical (unpaired) electrons. The Labute approximate surface area is 115 Å². The molecule has 0 aliphatic rings. The fraction of sp³-hybridized carbons (Fsp3) is 0.500. The summed E-state index contributed by atoms with van der Waals surface area (Å²) >= 11 is 0. The third-order valence-electron chi connectivity index (χ3n) is 3.50. The van der Waals surface area contributed by atoms with Gasteiger partial charge in [0.2, 0.25) is 5.95 Å². The van der Waals surface area contributed by atoms with Gasteiger partial charge in [-0.2, -0.15) is 13.2 Å². The second-order valence-electron chi connectivity index (χ2n) is 4.89. The average molecular weight is 285 g/mol. The van der Waals surface area contributed by atoms with Crippen LogP contribution in [0, 0.1) is 0 Å². The second kappa shape index (κ2) is 5.34. The lowest BCUT2D eigenvalue weighted by atomic mass is 10.1. The van der Waals surface area contributed by atoms with Crippen LogP contribution in [-0.2, 0) is 6.18 Å². The van der Waals surface area contributed by atoms with Gasteiger partial charge in [-0.15, -0.1) is 0 Å². The Kier molecular flexibility index (Phi) is 3.92. The van der Waals surface area contributed by atoms with Gasteiger partial charge in [0.05, 0.1) is 16.6 Å². The zero-order valence-corrected chi connectivity index (χ0v) is 11.5. The fourth-order valence-corrected chi connectivity index (χ4v) is 2.53. The summed E-state index contributed by atoms with van der Waals surface area (Å²) in [6, 6.07) is 3.76. The van der Waals surface area contributed by atoms with Crippen LogP contribution in [0.25, 0.3) is 11.0 Å². The maximum atomic E-state index is 12.7. The molecule has 1 heterocycles. The zero-order valence-electron chi connectivity index (χ0n) is 11.5. The number of hydrogen-bond donors (Lipinski definition) is 1. The lowest BCUT2D eigenvalue weighted by Gasteiger charge is -2.18. The maximum absolute atomic E-state index is 12.7. The molecule has 0 fully saturated rings. The van der Waals surface area contributed by atoms with Crippen molar-refractivity contribution in [2.24, 2.45) is 0 Å². The highest BCUT2D eigenvalue weighted by atomic mass is 19.4. The molecule has 0 aliphatic carbocycles. The number of halogens is 3. The highest BCUT2D eigenvalue weighted by molar-refractivity contribution is 5.79. The first-order chi connectivity index (χ1) is 9.38. The lowest BCUT2D eigenvalue weighted by molar-refractivity contribution is -0.137. The Balaban J connectivity index is 2.55. The van der Waals surface area contributed by atoms with Crippen LogP contribution >= 0.6 is 0 Å². The first kappa shape index (κ1) is 14.7. The molecule has 0 saturated carbocycles. The van der Waals surface area contributed by atoms with E-state index >= 15 is 0 Å². The average Bonchev–Trinajstić information content (AvgIpc) is 2.70. The number of nitrogens with two attached hydrogens (primary N) is 1. The summed E-state index contributed by atoms with van der Waals surface area (Å²) in [7, 11) is 0. The van der Waals surface area contributed by atoms with Crippen LogP contribution in [0.15, 0.2) is 18.2 Å². The molecular formula is C14H18F3N3. The van der Waals surface area contributed by atoms with Gasteiger partial charge in [0.25, 0.3) is 0 Å². The molecule has 1 atom stereocenters. The molecule has 2 rings (SSSR count). The minimum Gasteiger partial charge on any atom is -0.369 e. The highest BCUT2D eigenvalue weighted by Crippen LogP contribution is 2.33. The van der Waals surface area contributed by atoms with E-state index in [1.165, 1.54) is 6.07 Å². The molecule has 110 valence electrons. The predicted octanol–water partition coefficient (Wildman–Crippen LogP) is 4.39. The van der Waals surface area contributed by atoms with Crippen molar-refractivity contribution in [1.82, 2.24) is 9.55 Å². The molecule has 2 N–H and O–H groups in total. The molecule has 0 bridgehead atoms. The van der Waals surface area contributed by atoms with Gasteiger partial charge in [-0.25, -0.2) is 4.98 Å². The van der Waals surface area contributed by atoms with E-state index in [9.17, 15) is 13.2 Å². The van der Waals surface area contributed by atoms with Gasteiger partial charge >= 0.3 is 6.18 Å². The van der Waals surface area contributed by atoms with E-state index in [2.05, 4.69) is 11.9 Å². The lowest BCUT2D eigenvalue weighted by Crippen LogP contribution is -2.11. The van der Waals surface area contributed by atoms with E-state index in [4.69, 9.17) is 5.73 Å². The number of anilines is 1. The van der Waals surface area contributed by atoms with Crippen molar-refractivity contribution < 1.29 is 13.2 Å². The van der Waals surface area contributed by atoms with Crippen molar-refractivity contribution in [3.8, 4) is 0 Å².